The molecule has 0 saturated carbocycles. The van der Waals surface area contributed by atoms with E-state index >= 15 is 0 Å². The first kappa shape index (κ1) is 14.6. The highest BCUT2D eigenvalue weighted by Crippen LogP contribution is 2.15. The van der Waals surface area contributed by atoms with Gasteiger partial charge in [0.2, 0.25) is 0 Å². The highest BCUT2D eigenvalue weighted by atomic mass is 19.1. The molecule has 100 valence electrons. The lowest BCUT2D eigenvalue weighted by atomic mass is 10.0. The van der Waals surface area contributed by atoms with Gasteiger partial charge in [-0.3, -0.25) is 4.79 Å². The molecule has 18 heavy (non-hydrogen) atoms. The van der Waals surface area contributed by atoms with Crippen molar-refractivity contribution in [2.24, 2.45) is 5.92 Å². The SMILES string of the molecule is CC(C)C[C@@H](C)N(C)C(=O)c1cc(F)cc(F)c1. The molecule has 0 saturated heterocycles. The Kier molecular flexibility index (Phi) is 4.82. The summed E-state index contributed by atoms with van der Waals surface area (Å²) >= 11 is 0. The first-order chi connectivity index (χ1) is 8.31. The third-order valence-electron chi connectivity index (χ3n) is 2.90. The fourth-order valence-electron chi connectivity index (χ4n) is 1.92. The van der Waals surface area contributed by atoms with Gasteiger partial charge in [0.15, 0.2) is 0 Å². The van der Waals surface area contributed by atoms with Crippen molar-refractivity contribution in [3.63, 3.8) is 0 Å². The molecule has 1 amide bonds. The molecule has 2 nitrogen and oxygen atoms in total. The van der Waals surface area contributed by atoms with Crippen LogP contribution in [0.3, 0.4) is 0 Å². The number of amides is 1. The molecule has 1 aromatic rings. The van der Waals surface area contributed by atoms with Crippen molar-refractivity contribution < 1.29 is 13.6 Å². The van der Waals surface area contributed by atoms with E-state index in [1.165, 1.54) is 4.90 Å². The minimum absolute atomic E-state index is 0.0313. The minimum atomic E-state index is -0.733. The van der Waals surface area contributed by atoms with Crippen LogP contribution in [0.1, 0.15) is 37.6 Å². The number of rotatable bonds is 4. The summed E-state index contributed by atoms with van der Waals surface area (Å²) in [5.41, 5.74) is 0.0469. The van der Waals surface area contributed by atoms with Crippen LogP contribution in [0.15, 0.2) is 18.2 Å². The standard InChI is InChI=1S/C14H19F2NO/c1-9(2)5-10(3)17(4)14(18)11-6-12(15)8-13(16)7-11/h6-10H,5H2,1-4H3/t10-/m1/s1. The Labute approximate surface area is 107 Å². The van der Waals surface area contributed by atoms with Crippen LogP contribution in [-0.2, 0) is 0 Å². The maximum Gasteiger partial charge on any atom is 0.254 e. The van der Waals surface area contributed by atoms with Crippen molar-refractivity contribution in [1.82, 2.24) is 4.90 Å². The van der Waals surface area contributed by atoms with Crippen LogP contribution in [-0.4, -0.2) is 23.9 Å². The second kappa shape index (κ2) is 5.94. The van der Waals surface area contributed by atoms with Gasteiger partial charge < -0.3 is 4.90 Å². The Morgan fingerprint density at radius 3 is 2.11 bits per heavy atom. The van der Waals surface area contributed by atoms with E-state index in [4.69, 9.17) is 0 Å². The van der Waals surface area contributed by atoms with Crippen molar-refractivity contribution in [2.75, 3.05) is 7.05 Å². The molecule has 0 unspecified atom stereocenters. The smallest absolute Gasteiger partial charge is 0.254 e. The van der Waals surface area contributed by atoms with Gasteiger partial charge in [-0.1, -0.05) is 13.8 Å². The van der Waals surface area contributed by atoms with E-state index in [-0.39, 0.29) is 17.5 Å². The van der Waals surface area contributed by atoms with E-state index in [1.54, 1.807) is 7.05 Å². The van der Waals surface area contributed by atoms with Gasteiger partial charge in [0.05, 0.1) is 0 Å². The van der Waals surface area contributed by atoms with Gasteiger partial charge in [0.25, 0.3) is 5.91 Å². The third kappa shape index (κ3) is 3.79. The zero-order valence-electron chi connectivity index (χ0n) is 11.2. The lowest BCUT2D eigenvalue weighted by Gasteiger charge is -2.26. The molecule has 1 rings (SSSR count). The molecule has 0 aliphatic carbocycles. The Balaban J connectivity index is 2.86. The molecule has 0 bridgehead atoms. The van der Waals surface area contributed by atoms with Crippen molar-refractivity contribution in [3.05, 3.63) is 35.4 Å². The molecular weight excluding hydrogens is 236 g/mol. The first-order valence-electron chi connectivity index (χ1n) is 6.04. The van der Waals surface area contributed by atoms with Crippen LogP contribution in [0.2, 0.25) is 0 Å². The zero-order chi connectivity index (χ0) is 13.9. The van der Waals surface area contributed by atoms with E-state index in [9.17, 15) is 13.6 Å². The van der Waals surface area contributed by atoms with Gasteiger partial charge >= 0.3 is 0 Å². The highest BCUT2D eigenvalue weighted by Gasteiger charge is 2.19. The van der Waals surface area contributed by atoms with Crippen molar-refractivity contribution in [1.29, 1.82) is 0 Å². The number of benzene rings is 1. The topological polar surface area (TPSA) is 20.3 Å². The van der Waals surface area contributed by atoms with Gasteiger partial charge in [-0.15, -0.1) is 0 Å². The summed E-state index contributed by atoms with van der Waals surface area (Å²) in [4.78, 5) is 13.6. The Morgan fingerprint density at radius 2 is 1.67 bits per heavy atom. The summed E-state index contributed by atoms with van der Waals surface area (Å²) in [6.07, 6.45) is 0.847. The molecule has 0 N–H and O–H groups in total. The lowest BCUT2D eigenvalue weighted by Crippen LogP contribution is -2.36. The summed E-state index contributed by atoms with van der Waals surface area (Å²) < 4.78 is 26.1. The monoisotopic (exact) mass is 255 g/mol. The second-order valence-electron chi connectivity index (χ2n) is 5.05. The molecule has 1 atom stereocenters. The maximum absolute atomic E-state index is 13.1. The molecule has 0 aliphatic heterocycles. The molecule has 0 fully saturated rings. The van der Waals surface area contributed by atoms with Crippen LogP contribution in [0.5, 0.6) is 0 Å². The van der Waals surface area contributed by atoms with Crippen molar-refractivity contribution in [2.45, 2.75) is 33.2 Å². The molecule has 0 radical (unpaired) electrons. The van der Waals surface area contributed by atoms with Crippen LogP contribution >= 0.6 is 0 Å². The Hall–Kier alpha value is -1.45. The highest BCUT2D eigenvalue weighted by molar-refractivity contribution is 5.94. The Morgan fingerprint density at radius 1 is 1.17 bits per heavy atom. The fourth-order valence-corrected chi connectivity index (χ4v) is 1.92. The number of carbonyl (C=O) groups excluding carboxylic acids is 1. The second-order valence-corrected chi connectivity index (χ2v) is 5.05. The molecular formula is C14H19F2NO. The molecule has 0 aliphatic rings. The van der Waals surface area contributed by atoms with E-state index in [2.05, 4.69) is 13.8 Å². The lowest BCUT2D eigenvalue weighted by molar-refractivity contribution is 0.0727. The van der Waals surface area contributed by atoms with Crippen LogP contribution < -0.4 is 0 Å². The quantitative estimate of drug-likeness (QED) is 0.806. The Bertz CT molecular complexity index is 412. The largest absolute Gasteiger partial charge is 0.339 e. The van der Waals surface area contributed by atoms with E-state index in [0.717, 1.165) is 24.6 Å². The van der Waals surface area contributed by atoms with Gasteiger partial charge in [-0.05, 0) is 31.4 Å². The number of halogens is 2. The van der Waals surface area contributed by atoms with Gasteiger partial charge in [0.1, 0.15) is 11.6 Å². The zero-order valence-corrected chi connectivity index (χ0v) is 11.2. The third-order valence-corrected chi connectivity index (χ3v) is 2.90. The predicted octanol–water partition coefficient (Wildman–Crippen LogP) is 3.47. The van der Waals surface area contributed by atoms with Crippen LogP contribution in [0.25, 0.3) is 0 Å². The summed E-state index contributed by atoms with van der Waals surface area (Å²) in [6.45, 7) is 6.06. The van der Waals surface area contributed by atoms with E-state index in [0.29, 0.717) is 5.92 Å². The minimum Gasteiger partial charge on any atom is -0.339 e. The number of hydrogen-bond donors (Lipinski definition) is 0. The summed E-state index contributed by atoms with van der Waals surface area (Å²) in [5.74, 6) is -1.37. The normalized spacial score (nSPS) is 12.6. The van der Waals surface area contributed by atoms with Crippen molar-refractivity contribution >= 4 is 5.91 Å². The fraction of sp³-hybridized carbons (Fsp3) is 0.500. The van der Waals surface area contributed by atoms with Crippen LogP contribution in [0, 0.1) is 17.6 Å². The van der Waals surface area contributed by atoms with Crippen molar-refractivity contribution in [3.8, 4) is 0 Å². The summed E-state index contributed by atoms with van der Waals surface area (Å²) in [5, 5.41) is 0. The number of hydrogen-bond acceptors (Lipinski definition) is 1. The van der Waals surface area contributed by atoms with Gasteiger partial charge in [-0.2, -0.15) is 0 Å². The number of carbonyl (C=O) groups is 1. The maximum atomic E-state index is 13.1. The molecule has 0 spiro atoms. The average Bonchev–Trinajstić information content (AvgIpc) is 2.24. The summed E-state index contributed by atoms with van der Waals surface area (Å²) in [6, 6.07) is 2.91. The van der Waals surface area contributed by atoms with Crippen LogP contribution in [0.4, 0.5) is 8.78 Å². The summed E-state index contributed by atoms with van der Waals surface area (Å²) in [7, 11) is 1.65. The first-order valence-corrected chi connectivity index (χ1v) is 6.04. The molecule has 0 aromatic heterocycles. The molecule has 0 heterocycles. The number of nitrogens with zero attached hydrogens (tertiary/aromatic N) is 1. The predicted molar refractivity (Wildman–Crippen MR) is 67.4 cm³/mol. The van der Waals surface area contributed by atoms with Gasteiger partial charge in [0, 0.05) is 24.7 Å². The van der Waals surface area contributed by atoms with Gasteiger partial charge in [-0.25, -0.2) is 8.78 Å². The molecule has 1 aromatic carbocycles. The molecule has 4 heteroatoms. The van der Waals surface area contributed by atoms with E-state index in [1.807, 2.05) is 6.92 Å². The average molecular weight is 255 g/mol. The van der Waals surface area contributed by atoms with E-state index < -0.39 is 11.6 Å².